The van der Waals surface area contributed by atoms with Gasteiger partial charge in [-0.25, -0.2) is 0 Å². The Balaban J connectivity index is 0. The molecule has 4 heteroatoms. The van der Waals surface area contributed by atoms with Crippen molar-refractivity contribution >= 4 is 5.97 Å². The van der Waals surface area contributed by atoms with Gasteiger partial charge in [-0.2, -0.15) is 0 Å². The summed E-state index contributed by atoms with van der Waals surface area (Å²) in [6.07, 6.45) is 0. The summed E-state index contributed by atoms with van der Waals surface area (Å²) in [5, 5.41) is 0. The SMILES string of the molecule is CC(=O)OCCN.O. The predicted octanol–water partition coefficient (Wildman–Crippen LogP) is -1.32. The van der Waals surface area contributed by atoms with E-state index >= 15 is 0 Å². The molecule has 0 unspecified atom stereocenters. The van der Waals surface area contributed by atoms with Gasteiger partial charge in [0.15, 0.2) is 0 Å². The first kappa shape index (κ1) is 10.4. The molecule has 0 aliphatic carbocycles. The van der Waals surface area contributed by atoms with Crippen molar-refractivity contribution in [3.63, 3.8) is 0 Å². The van der Waals surface area contributed by atoms with Gasteiger partial charge >= 0.3 is 5.97 Å². The minimum absolute atomic E-state index is 0. The number of esters is 1. The molecule has 0 spiro atoms. The largest absolute Gasteiger partial charge is 0.465 e. The number of hydrogen-bond acceptors (Lipinski definition) is 3. The molecule has 0 aromatic carbocycles. The van der Waals surface area contributed by atoms with Crippen molar-refractivity contribution < 1.29 is 15.0 Å². The Morgan fingerprint density at radius 2 is 2.25 bits per heavy atom. The summed E-state index contributed by atoms with van der Waals surface area (Å²) in [6, 6.07) is 0. The van der Waals surface area contributed by atoms with Crippen LogP contribution in [0.15, 0.2) is 0 Å². The van der Waals surface area contributed by atoms with Crippen LogP contribution in [0.3, 0.4) is 0 Å². The van der Waals surface area contributed by atoms with E-state index in [2.05, 4.69) is 4.74 Å². The molecule has 0 aliphatic heterocycles. The lowest BCUT2D eigenvalue weighted by atomic mass is 10.7. The normalized spacial score (nSPS) is 7.25. The molecule has 0 heterocycles. The fraction of sp³-hybridized carbons (Fsp3) is 0.750. The van der Waals surface area contributed by atoms with E-state index in [9.17, 15) is 4.79 Å². The van der Waals surface area contributed by atoms with Gasteiger partial charge in [-0.05, 0) is 0 Å². The summed E-state index contributed by atoms with van der Waals surface area (Å²) < 4.78 is 4.43. The maximum absolute atomic E-state index is 9.92. The molecule has 0 atom stereocenters. The van der Waals surface area contributed by atoms with E-state index in [1.807, 2.05) is 0 Å². The molecular formula is C4H11NO3. The van der Waals surface area contributed by atoms with Crippen molar-refractivity contribution in [1.82, 2.24) is 0 Å². The van der Waals surface area contributed by atoms with Crippen LogP contribution in [0.1, 0.15) is 6.92 Å². The fourth-order valence-corrected chi connectivity index (χ4v) is 0.203. The molecule has 4 N–H and O–H groups in total. The van der Waals surface area contributed by atoms with E-state index in [1.54, 1.807) is 0 Å². The van der Waals surface area contributed by atoms with Crippen LogP contribution in [0.25, 0.3) is 0 Å². The van der Waals surface area contributed by atoms with E-state index < -0.39 is 0 Å². The maximum atomic E-state index is 9.92. The summed E-state index contributed by atoms with van der Waals surface area (Å²) in [6.45, 7) is 2.09. The summed E-state index contributed by atoms with van der Waals surface area (Å²) in [5.41, 5.74) is 5.00. The molecule has 0 saturated carbocycles. The average Bonchev–Trinajstić information content (AvgIpc) is 1.61. The highest BCUT2D eigenvalue weighted by Gasteiger charge is 1.85. The lowest BCUT2D eigenvalue weighted by Gasteiger charge is -1.93. The highest BCUT2D eigenvalue weighted by molar-refractivity contribution is 5.65. The number of carbonyl (C=O) groups excluding carboxylic acids is 1. The monoisotopic (exact) mass is 121 g/mol. The maximum Gasteiger partial charge on any atom is 0.302 e. The summed E-state index contributed by atoms with van der Waals surface area (Å²) in [4.78, 5) is 9.92. The van der Waals surface area contributed by atoms with Gasteiger partial charge in [0, 0.05) is 13.5 Å². The fourth-order valence-electron chi connectivity index (χ4n) is 0.203. The predicted molar refractivity (Wildman–Crippen MR) is 29.3 cm³/mol. The molecule has 0 radical (unpaired) electrons. The minimum Gasteiger partial charge on any atom is -0.465 e. The van der Waals surface area contributed by atoms with Crippen LogP contribution < -0.4 is 5.73 Å². The summed E-state index contributed by atoms with van der Waals surface area (Å²) in [7, 11) is 0. The number of ether oxygens (including phenoxy) is 1. The van der Waals surface area contributed by atoms with E-state index in [0.29, 0.717) is 13.2 Å². The first-order valence-corrected chi connectivity index (χ1v) is 2.11. The van der Waals surface area contributed by atoms with Gasteiger partial charge in [0.2, 0.25) is 0 Å². The smallest absolute Gasteiger partial charge is 0.302 e. The van der Waals surface area contributed by atoms with Crippen molar-refractivity contribution in [3.05, 3.63) is 0 Å². The van der Waals surface area contributed by atoms with Crippen LogP contribution in [0.5, 0.6) is 0 Å². The van der Waals surface area contributed by atoms with Gasteiger partial charge in [0.25, 0.3) is 0 Å². The van der Waals surface area contributed by atoms with Crippen LogP contribution >= 0.6 is 0 Å². The summed E-state index contributed by atoms with van der Waals surface area (Å²) >= 11 is 0. The lowest BCUT2D eigenvalue weighted by Crippen LogP contribution is -2.10. The molecule has 0 aliphatic rings. The van der Waals surface area contributed by atoms with Gasteiger partial charge < -0.3 is 15.9 Å². The van der Waals surface area contributed by atoms with E-state index in [-0.39, 0.29) is 11.4 Å². The molecule has 0 amide bonds. The Hall–Kier alpha value is -0.610. The van der Waals surface area contributed by atoms with Crippen molar-refractivity contribution in [2.45, 2.75) is 6.92 Å². The van der Waals surface area contributed by atoms with Crippen molar-refractivity contribution in [1.29, 1.82) is 0 Å². The average molecular weight is 121 g/mol. The van der Waals surface area contributed by atoms with Gasteiger partial charge in [-0.1, -0.05) is 0 Å². The van der Waals surface area contributed by atoms with Crippen molar-refractivity contribution in [2.75, 3.05) is 13.2 Å². The van der Waals surface area contributed by atoms with Crippen LogP contribution in [0.4, 0.5) is 0 Å². The Kier molecular flexibility index (Phi) is 8.30. The highest BCUT2D eigenvalue weighted by atomic mass is 16.5. The van der Waals surface area contributed by atoms with Crippen molar-refractivity contribution in [2.24, 2.45) is 5.73 Å². The van der Waals surface area contributed by atoms with Crippen molar-refractivity contribution in [3.8, 4) is 0 Å². The highest BCUT2D eigenvalue weighted by Crippen LogP contribution is 1.69. The topological polar surface area (TPSA) is 83.8 Å². The minimum atomic E-state index is -0.273. The van der Waals surface area contributed by atoms with E-state index in [0.717, 1.165) is 0 Å². The first-order valence-electron chi connectivity index (χ1n) is 2.11. The quantitative estimate of drug-likeness (QED) is 0.460. The van der Waals surface area contributed by atoms with E-state index in [4.69, 9.17) is 5.73 Å². The van der Waals surface area contributed by atoms with Gasteiger partial charge in [-0.15, -0.1) is 0 Å². The Morgan fingerprint density at radius 1 is 1.75 bits per heavy atom. The van der Waals surface area contributed by atoms with Crippen LogP contribution in [-0.2, 0) is 9.53 Å². The third kappa shape index (κ3) is 9.04. The second-order valence-electron chi connectivity index (χ2n) is 1.13. The third-order valence-electron chi connectivity index (χ3n) is 0.423. The zero-order chi connectivity index (χ0) is 5.70. The Bertz CT molecular complexity index is 64.3. The van der Waals surface area contributed by atoms with Gasteiger partial charge in [0.1, 0.15) is 6.61 Å². The number of hydrogen-bond donors (Lipinski definition) is 1. The molecule has 50 valence electrons. The molecule has 0 aromatic rings. The van der Waals surface area contributed by atoms with Crippen LogP contribution in [0, 0.1) is 0 Å². The number of rotatable bonds is 2. The Morgan fingerprint density at radius 3 is 2.38 bits per heavy atom. The molecular weight excluding hydrogens is 110 g/mol. The van der Waals surface area contributed by atoms with Gasteiger partial charge in [0.05, 0.1) is 0 Å². The number of nitrogens with two attached hydrogens (primary N) is 1. The second kappa shape index (κ2) is 6.39. The standard InChI is InChI=1S/C4H9NO2.H2O/c1-4(6)7-3-2-5;/h2-3,5H2,1H3;1H2. The molecule has 4 nitrogen and oxygen atoms in total. The van der Waals surface area contributed by atoms with Crippen LogP contribution in [-0.4, -0.2) is 24.6 Å². The zero-order valence-electron chi connectivity index (χ0n) is 4.81. The molecule has 0 bridgehead atoms. The van der Waals surface area contributed by atoms with Crippen LogP contribution in [0.2, 0.25) is 0 Å². The number of carbonyl (C=O) groups is 1. The molecule has 0 rings (SSSR count). The lowest BCUT2D eigenvalue weighted by molar-refractivity contribution is -0.140. The molecule has 0 aromatic heterocycles. The zero-order valence-corrected chi connectivity index (χ0v) is 4.81. The van der Waals surface area contributed by atoms with E-state index in [1.165, 1.54) is 6.92 Å². The summed E-state index contributed by atoms with van der Waals surface area (Å²) in [5.74, 6) is -0.273. The van der Waals surface area contributed by atoms with Gasteiger partial charge in [-0.3, -0.25) is 4.79 Å². The third-order valence-corrected chi connectivity index (χ3v) is 0.423. The first-order chi connectivity index (χ1) is 3.27. The molecule has 8 heavy (non-hydrogen) atoms. The molecule has 0 fully saturated rings. The Labute approximate surface area is 47.9 Å². The molecule has 0 saturated heterocycles. The second-order valence-corrected chi connectivity index (χ2v) is 1.13.